The molecule has 0 atom stereocenters. The van der Waals surface area contributed by atoms with Gasteiger partial charge in [-0.2, -0.15) is 0 Å². The summed E-state index contributed by atoms with van der Waals surface area (Å²) in [6.07, 6.45) is 1.13. The van der Waals surface area contributed by atoms with Gasteiger partial charge in [0, 0.05) is 18.1 Å². The largest absolute Gasteiger partial charge is 0.395 e. The quantitative estimate of drug-likeness (QED) is 0.679. The van der Waals surface area contributed by atoms with Crippen molar-refractivity contribution in [3.8, 4) is 0 Å². The van der Waals surface area contributed by atoms with Crippen LogP contribution in [0.15, 0.2) is 30.0 Å². The van der Waals surface area contributed by atoms with E-state index in [4.69, 9.17) is 16.7 Å². The number of aliphatic hydroxyl groups excluding tert-OH is 1. The Hall–Kier alpha value is -2.38. The van der Waals surface area contributed by atoms with Crippen LogP contribution in [-0.2, 0) is 9.59 Å². The van der Waals surface area contributed by atoms with Gasteiger partial charge in [-0.3, -0.25) is 19.3 Å². The van der Waals surface area contributed by atoms with Gasteiger partial charge in [-0.25, -0.2) is 0 Å². The number of rotatable bonds is 5. The Labute approximate surface area is 131 Å². The molecule has 0 saturated carbocycles. The molecule has 8 heteroatoms. The number of β-amino-alcohol motifs (C(OH)–C–C–N with tert-alkyl or cyclic N) is 1. The number of halogens is 1. The Bertz CT molecular complexity index is 672. The molecule has 3 N–H and O–H groups in total. The molecule has 0 saturated heterocycles. The van der Waals surface area contributed by atoms with E-state index in [9.17, 15) is 14.4 Å². The van der Waals surface area contributed by atoms with Gasteiger partial charge in [0.1, 0.15) is 5.70 Å². The van der Waals surface area contributed by atoms with Crippen LogP contribution in [0.25, 0.3) is 0 Å². The minimum absolute atomic E-state index is 0.0333. The molecule has 7 nitrogen and oxygen atoms in total. The Morgan fingerprint density at radius 1 is 1.36 bits per heavy atom. The molecular formula is C14H14ClN3O4. The van der Waals surface area contributed by atoms with Crippen LogP contribution >= 0.6 is 11.6 Å². The highest BCUT2D eigenvalue weighted by Gasteiger charge is 2.31. The summed E-state index contributed by atoms with van der Waals surface area (Å²) in [6, 6.07) is 4.56. The van der Waals surface area contributed by atoms with Crippen LogP contribution in [0.4, 0.5) is 5.69 Å². The summed E-state index contributed by atoms with van der Waals surface area (Å²) in [5, 5.41) is 14.5. The molecule has 1 aromatic rings. The lowest BCUT2D eigenvalue weighted by Crippen LogP contribution is -2.34. The lowest BCUT2D eigenvalue weighted by Gasteiger charge is -2.15. The SMILES string of the molecule is CNC(=O)c1cc(Cl)ccc1NC1=CC(=O)N(CCO)C1=O. The molecule has 0 aromatic heterocycles. The molecule has 1 heterocycles. The van der Waals surface area contributed by atoms with E-state index in [2.05, 4.69) is 10.6 Å². The van der Waals surface area contributed by atoms with E-state index >= 15 is 0 Å². The lowest BCUT2D eigenvalue weighted by atomic mass is 10.1. The summed E-state index contributed by atoms with van der Waals surface area (Å²) < 4.78 is 0. The predicted molar refractivity (Wildman–Crippen MR) is 80.4 cm³/mol. The highest BCUT2D eigenvalue weighted by atomic mass is 35.5. The molecule has 1 aliphatic rings. The smallest absolute Gasteiger partial charge is 0.277 e. The molecule has 1 aliphatic heterocycles. The molecule has 1 aromatic carbocycles. The number of benzene rings is 1. The van der Waals surface area contributed by atoms with Gasteiger partial charge < -0.3 is 15.7 Å². The zero-order chi connectivity index (χ0) is 16.3. The minimum Gasteiger partial charge on any atom is -0.395 e. The van der Waals surface area contributed by atoms with Crippen molar-refractivity contribution in [2.75, 3.05) is 25.5 Å². The van der Waals surface area contributed by atoms with Crippen molar-refractivity contribution in [3.63, 3.8) is 0 Å². The second-order valence-corrected chi connectivity index (χ2v) is 4.91. The Morgan fingerprint density at radius 2 is 2.09 bits per heavy atom. The van der Waals surface area contributed by atoms with E-state index in [1.165, 1.54) is 13.1 Å². The number of amides is 3. The fraction of sp³-hybridized carbons (Fsp3) is 0.214. The summed E-state index contributed by atoms with van der Waals surface area (Å²) in [7, 11) is 1.47. The van der Waals surface area contributed by atoms with Gasteiger partial charge in [0.05, 0.1) is 24.4 Å². The van der Waals surface area contributed by atoms with Gasteiger partial charge in [0.15, 0.2) is 0 Å². The van der Waals surface area contributed by atoms with Crippen molar-refractivity contribution in [2.24, 2.45) is 0 Å². The Kier molecular flexibility index (Phi) is 4.79. The molecular weight excluding hydrogens is 310 g/mol. The highest BCUT2D eigenvalue weighted by molar-refractivity contribution is 6.31. The van der Waals surface area contributed by atoms with Crippen LogP contribution in [0.5, 0.6) is 0 Å². The average molecular weight is 324 g/mol. The zero-order valence-corrected chi connectivity index (χ0v) is 12.5. The van der Waals surface area contributed by atoms with E-state index in [0.29, 0.717) is 10.7 Å². The first-order valence-corrected chi connectivity index (χ1v) is 6.82. The van der Waals surface area contributed by atoms with E-state index < -0.39 is 11.8 Å². The van der Waals surface area contributed by atoms with Crippen molar-refractivity contribution in [1.82, 2.24) is 10.2 Å². The summed E-state index contributed by atoms with van der Waals surface area (Å²) in [6.45, 7) is -0.398. The average Bonchev–Trinajstić information content (AvgIpc) is 2.76. The third kappa shape index (κ3) is 3.10. The number of aliphatic hydroxyl groups is 1. The van der Waals surface area contributed by atoms with Gasteiger partial charge in [0.25, 0.3) is 17.7 Å². The third-order valence-corrected chi connectivity index (χ3v) is 3.29. The van der Waals surface area contributed by atoms with Crippen LogP contribution in [0.3, 0.4) is 0 Å². The van der Waals surface area contributed by atoms with E-state index in [-0.39, 0.29) is 30.3 Å². The second kappa shape index (κ2) is 6.59. The molecule has 0 unspecified atom stereocenters. The zero-order valence-electron chi connectivity index (χ0n) is 11.7. The van der Waals surface area contributed by atoms with Crippen LogP contribution in [0, 0.1) is 0 Å². The monoisotopic (exact) mass is 323 g/mol. The van der Waals surface area contributed by atoms with E-state index in [1.807, 2.05) is 0 Å². The van der Waals surface area contributed by atoms with Crippen molar-refractivity contribution >= 4 is 35.0 Å². The molecule has 22 heavy (non-hydrogen) atoms. The Balaban J connectivity index is 2.29. The first-order chi connectivity index (χ1) is 10.5. The number of carbonyl (C=O) groups is 3. The van der Waals surface area contributed by atoms with Gasteiger partial charge >= 0.3 is 0 Å². The number of nitrogens with zero attached hydrogens (tertiary/aromatic N) is 1. The predicted octanol–water partition coefficient (Wildman–Crippen LogP) is 0.356. The number of anilines is 1. The number of carbonyl (C=O) groups excluding carboxylic acids is 3. The molecule has 2 rings (SSSR count). The van der Waals surface area contributed by atoms with Crippen molar-refractivity contribution < 1.29 is 19.5 Å². The van der Waals surface area contributed by atoms with E-state index in [0.717, 1.165) is 11.0 Å². The first kappa shape index (κ1) is 16.0. The number of hydrogen-bond donors (Lipinski definition) is 3. The third-order valence-electron chi connectivity index (χ3n) is 3.06. The second-order valence-electron chi connectivity index (χ2n) is 4.47. The molecule has 0 radical (unpaired) electrons. The van der Waals surface area contributed by atoms with Crippen LogP contribution in [0.2, 0.25) is 5.02 Å². The first-order valence-electron chi connectivity index (χ1n) is 6.45. The molecule has 0 fully saturated rings. The maximum Gasteiger partial charge on any atom is 0.277 e. The summed E-state index contributed by atoms with van der Waals surface area (Å²) >= 11 is 5.87. The molecule has 3 amide bonds. The fourth-order valence-electron chi connectivity index (χ4n) is 2.00. The van der Waals surface area contributed by atoms with Crippen molar-refractivity contribution in [1.29, 1.82) is 0 Å². The highest BCUT2D eigenvalue weighted by Crippen LogP contribution is 2.24. The molecule has 0 aliphatic carbocycles. The van der Waals surface area contributed by atoms with E-state index in [1.54, 1.807) is 12.1 Å². The Morgan fingerprint density at radius 3 is 2.73 bits per heavy atom. The van der Waals surface area contributed by atoms with Crippen LogP contribution < -0.4 is 10.6 Å². The van der Waals surface area contributed by atoms with Gasteiger partial charge in [-0.05, 0) is 18.2 Å². The number of imide groups is 1. The van der Waals surface area contributed by atoms with Gasteiger partial charge in [0.2, 0.25) is 0 Å². The topological polar surface area (TPSA) is 98.7 Å². The van der Waals surface area contributed by atoms with Gasteiger partial charge in [-0.15, -0.1) is 0 Å². The van der Waals surface area contributed by atoms with Gasteiger partial charge in [-0.1, -0.05) is 11.6 Å². The molecule has 0 spiro atoms. The summed E-state index contributed by atoms with van der Waals surface area (Å²) in [5.41, 5.74) is 0.629. The number of hydrogen-bond acceptors (Lipinski definition) is 5. The number of nitrogens with one attached hydrogen (secondary N) is 2. The maximum atomic E-state index is 12.1. The standard InChI is InChI=1S/C14H14ClN3O4/c1-16-13(21)9-6-8(15)2-3-10(9)17-11-7-12(20)18(4-5-19)14(11)22/h2-3,6-7,17,19H,4-5H2,1H3,(H,16,21). The van der Waals surface area contributed by atoms with Crippen LogP contribution in [-0.4, -0.2) is 47.9 Å². The maximum absolute atomic E-state index is 12.1. The molecule has 0 bridgehead atoms. The van der Waals surface area contributed by atoms with Crippen molar-refractivity contribution in [3.05, 3.63) is 40.6 Å². The fourth-order valence-corrected chi connectivity index (χ4v) is 2.18. The minimum atomic E-state index is -0.558. The van der Waals surface area contributed by atoms with Crippen molar-refractivity contribution in [2.45, 2.75) is 0 Å². The summed E-state index contributed by atoms with van der Waals surface area (Å²) in [5.74, 6) is -1.46. The normalized spacial score (nSPS) is 14.1. The molecule has 116 valence electrons. The lowest BCUT2D eigenvalue weighted by molar-refractivity contribution is -0.137. The summed E-state index contributed by atoms with van der Waals surface area (Å²) in [4.78, 5) is 36.5. The van der Waals surface area contributed by atoms with Crippen LogP contribution in [0.1, 0.15) is 10.4 Å².